The van der Waals surface area contributed by atoms with Gasteiger partial charge in [0.2, 0.25) is 0 Å². The molecule has 0 aromatic rings. The predicted octanol–water partition coefficient (Wildman–Crippen LogP) is -0.600. The van der Waals surface area contributed by atoms with Gasteiger partial charge in [-0.2, -0.15) is 0 Å². The van der Waals surface area contributed by atoms with Crippen LogP contribution in [0.2, 0.25) is 0 Å². The lowest BCUT2D eigenvalue weighted by Crippen LogP contribution is -2.02. The minimum absolute atomic E-state index is 0.0690. The first kappa shape index (κ1) is 25.5. The molecule has 0 rings (SSSR count). The topological polar surface area (TPSA) is 184 Å². The van der Waals surface area contributed by atoms with Crippen molar-refractivity contribution in [3.63, 3.8) is 0 Å². The first-order chi connectivity index (χ1) is 8.50. The van der Waals surface area contributed by atoms with Crippen LogP contribution < -0.4 is 11.5 Å². The van der Waals surface area contributed by atoms with Crippen molar-refractivity contribution in [3.05, 3.63) is 11.9 Å². The number of carboxylic acids is 3. The largest absolute Gasteiger partial charge is 0.481 e. The molecule has 0 atom stereocenters. The Hall–Kier alpha value is -2.29. The zero-order valence-electron chi connectivity index (χ0n) is 11.2. The maximum absolute atomic E-state index is 9.00. The Bertz CT molecular complexity index is 237. The highest BCUT2D eigenvalue weighted by Gasteiger charge is 1.82. The van der Waals surface area contributed by atoms with E-state index in [1.54, 1.807) is 0 Å². The quantitative estimate of drug-likeness (QED) is 0.384. The summed E-state index contributed by atoms with van der Waals surface area (Å²) in [5.41, 5.74) is 10.6. The van der Waals surface area contributed by atoms with Crippen LogP contribution in [0.5, 0.6) is 0 Å². The molecule has 0 aromatic carbocycles. The fourth-order valence-electron chi connectivity index (χ4n) is 0.212. The zero-order chi connectivity index (χ0) is 16.4. The molecular weight excluding hydrogens is 260 g/mol. The Kier molecular flexibility index (Phi) is 28.3. The summed E-state index contributed by atoms with van der Waals surface area (Å²) in [5, 5.41) is 30.4. The Morgan fingerprint density at radius 2 is 1.16 bits per heavy atom. The van der Waals surface area contributed by atoms with Crippen molar-refractivity contribution >= 4 is 17.9 Å². The molecule has 0 amide bonds. The average Bonchev–Trinajstić information content (AvgIpc) is 2.15. The number of aliphatic hydroxyl groups excluding tert-OH is 1. The van der Waals surface area contributed by atoms with Gasteiger partial charge in [0.15, 0.2) is 0 Å². The van der Waals surface area contributed by atoms with E-state index in [1.165, 1.54) is 6.20 Å². The molecule has 0 saturated heterocycles. The summed E-state index contributed by atoms with van der Waals surface area (Å²) in [5.74, 6) is -2.50. The second-order valence-electron chi connectivity index (χ2n) is 2.77. The van der Waals surface area contributed by atoms with Gasteiger partial charge in [0.25, 0.3) is 17.9 Å². The molecule has 0 radical (unpaired) electrons. The van der Waals surface area contributed by atoms with Gasteiger partial charge in [-0.1, -0.05) is 0 Å². The third kappa shape index (κ3) is 402. The van der Waals surface area contributed by atoms with E-state index < -0.39 is 17.9 Å². The van der Waals surface area contributed by atoms with Crippen LogP contribution >= 0.6 is 0 Å². The zero-order valence-corrected chi connectivity index (χ0v) is 11.2. The van der Waals surface area contributed by atoms with Gasteiger partial charge in [-0.3, -0.25) is 14.4 Å². The number of nitrogens with two attached hydrogens (primary N) is 2. The van der Waals surface area contributed by atoms with Crippen LogP contribution in [0.25, 0.3) is 0 Å². The lowest BCUT2D eigenvalue weighted by Gasteiger charge is -1.91. The lowest BCUT2D eigenvalue weighted by molar-refractivity contribution is -0.135. The number of hydrogen-bond acceptors (Lipinski definition) is 6. The van der Waals surface area contributed by atoms with Crippen molar-refractivity contribution in [1.82, 2.24) is 0 Å². The Labute approximate surface area is 111 Å². The highest BCUT2D eigenvalue weighted by Crippen LogP contribution is 1.84. The van der Waals surface area contributed by atoms with Crippen molar-refractivity contribution in [3.8, 4) is 0 Å². The van der Waals surface area contributed by atoms with Crippen molar-refractivity contribution in [1.29, 1.82) is 0 Å². The maximum atomic E-state index is 9.00. The molecule has 0 unspecified atom stereocenters. The fourth-order valence-corrected chi connectivity index (χ4v) is 0.212. The third-order valence-corrected chi connectivity index (χ3v) is 0.615. The summed E-state index contributed by atoms with van der Waals surface area (Å²) in [6.45, 7) is 3.32. The molecule has 0 saturated carbocycles. The van der Waals surface area contributed by atoms with Gasteiger partial charge in [-0.25, -0.2) is 0 Å². The van der Waals surface area contributed by atoms with E-state index in [9.17, 15) is 0 Å². The smallest absolute Gasteiger partial charge is 0.300 e. The monoisotopic (exact) mass is 282 g/mol. The van der Waals surface area contributed by atoms with Gasteiger partial charge < -0.3 is 31.9 Å². The van der Waals surface area contributed by atoms with E-state index in [1.807, 2.05) is 0 Å². The molecule has 0 aliphatic heterocycles. The van der Waals surface area contributed by atoms with Crippen molar-refractivity contribution in [2.45, 2.75) is 27.2 Å². The van der Waals surface area contributed by atoms with Gasteiger partial charge in [0, 0.05) is 45.7 Å². The molecule has 0 heterocycles. The summed E-state index contributed by atoms with van der Waals surface area (Å²) < 4.78 is 0. The van der Waals surface area contributed by atoms with Crippen LogP contribution in [-0.2, 0) is 14.4 Å². The molecule has 0 bridgehead atoms. The van der Waals surface area contributed by atoms with Crippen molar-refractivity contribution in [2.75, 3.05) is 6.61 Å². The summed E-state index contributed by atoms with van der Waals surface area (Å²) in [6.07, 6.45) is 1.76. The first-order valence-electron chi connectivity index (χ1n) is 4.86. The molecule has 19 heavy (non-hydrogen) atoms. The second-order valence-corrected chi connectivity index (χ2v) is 2.77. The van der Waals surface area contributed by atoms with E-state index in [0.29, 0.717) is 12.1 Å². The molecule has 0 fully saturated rings. The van der Waals surface area contributed by atoms with Crippen LogP contribution in [0, 0.1) is 0 Å². The van der Waals surface area contributed by atoms with E-state index in [4.69, 9.17) is 46.3 Å². The summed E-state index contributed by atoms with van der Waals surface area (Å²) in [7, 11) is 0. The fraction of sp³-hybridized carbons (Fsp3) is 0.500. The van der Waals surface area contributed by atoms with Crippen molar-refractivity contribution in [2.24, 2.45) is 11.5 Å². The SMILES string of the molecule is CC(=O)O.CC(=O)O.CC(=O)O.NC=C(N)CCO. The van der Waals surface area contributed by atoms with Crippen LogP contribution in [0.1, 0.15) is 27.2 Å². The number of hydrogen-bond donors (Lipinski definition) is 6. The number of aliphatic hydroxyl groups is 1. The molecule has 8 N–H and O–H groups in total. The van der Waals surface area contributed by atoms with Crippen LogP contribution in [0.3, 0.4) is 0 Å². The van der Waals surface area contributed by atoms with Gasteiger partial charge >= 0.3 is 0 Å². The molecule has 0 aromatic heterocycles. The molecule has 114 valence electrons. The predicted molar refractivity (Wildman–Crippen MR) is 68.1 cm³/mol. The first-order valence-corrected chi connectivity index (χ1v) is 4.86. The van der Waals surface area contributed by atoms with E-state index in [-0.39, 0.29) is 6.61 Å². The molecule has 9 nitrogen and oxygen atoms in total. The molecule has 9 heteroatoms. The minimum Gasteiger partial charge on any atom is -0.481 e. The van der Waals surface area contributed by atoms with Crippen molar-refractivity contribution < 1.29 is 34.8 Å². The second kappa shape index (κ2) is 21.0. The minimum atomic E-state index is -0.833. The van der Waals surface area contributed by atoms with E-state index in [0.717, 1.165) is 20.8 Å². The molecule has 0 spiro atoms. The third-order valence-electron chi connectivity index (χ3n) is 0.615. The van der Waals surface area contributed by atoms with Crippen LogP contribution in [-0.4, -0.2) is 44.9 Å². The Morgan fingerprint density at radius 1 is 0.947 bits per heavy atom. The Balaban J connectivity index is -0.0000000825. The normalized spacial score (nSPS) is 8.32. The average molecular weight is 282 g/mol. The highest BCUT2D eigenvalue weighted by atomic mass is 16.4. The lowest BCUT2D eigenvalue weighted by atomic mass is 10.4. The maximum Gasteiger partial charge on any atom is 0.300 e. The van der Waals surface area contributed by atoms with E-state index >= 15 is 0 Å². The standard InChI is InChI=1S/C4H10N2O.3C2H4O2/c5-3-4(6)1-2-7;3*1-2(3)4/h3,7H,1-2,5-6H2;3*1H3,(H,3,4). The van der Waals surface area contributed by atoms with Gasteiger partial charge in [-0.15, -0.1) is 0 Å². The van der Waals surface area contributed by atoms with E-state index in [2.05, 4.69) is 0 Å². The van der Waals surface area contributed by atoms with Crippen LogP contribution in [0.4, 0.5) is 0 Å². The molecular formula is C10H22N2O7. The summed E-state index contributed by atoms with van der Waals surface area (Å²) in [6, 6.07) is 0. The summed E-state index contributed by atoms with van der Waals surface area (Å²) >= 11 is 0. The van der Waals surface area contributed by atoms with Gasteiger partial charge in [0.05, 0.1) is 0 Å². The van der Waals surface area contributed by atoms with Crippen LogP contribution in [0.15, 0.2) is 11.9 Å². The molecule has 0 aliphatic rings. The number of carboxylic acid groups (broad SMARTS) is 3. The number of rotatable bonds is 2. The summed E-state index contributed by atoms with van der Waals surface area (Å²) in [4.78, 5) is 27.0. The van der Waals surface area contributed by atoms with Gasteiger partial charge in [-0.05, 0) is 0 Å². The molecule has 0 aliphatic carbocycles. The number of carbonyl (C=O) groups is 3. The highest BCUT2D eigenvalue weighted by molar-refractivity contribution is 5.63. The van der Waals surface area contributed by atoms with Gasteiger partial charge in [0.1, 0.15) is 0 Å². The Morgan fingerprint density at radius 3 is 1.21 bits per heavy atom. The number of aliphatic carboxylic acids is 3.